The number of nitrogens with zero attached hydrogens (tertiary/aromatic N) is 2. The number of hydrogen-bond donors (Lipinski definition) is 2. The molecule has 0 saturated heterocycles. The minimum absolute atomic E-state index is 0.254. The minimum atomic E-state index is -0.254. The van der Waals surface area contributed by atoms with Crippen molar-refractivity contribution in [3.8, 4) is 0 Å². The van der Waals surface area contributed by atoms with Crippen LogP contribution in [-0.2, 0) is 13.0 Å². The summed E-state index contributed by atoms with van der Waals surface area (Å²) >= 11 is 0. The number of amides is 1. The van der Waals surface area contributed by atoms with Crippen molar-refractivity contribution in [2.75, 3.05) is 10.6 Å². The Morgan fingerprint density at radius 2 is 1.81 bits per heavy atom. The molecule has 0 saturated carbocycles. The molecular formula is C21H22N4O. The molecule has 2 N–H and O–H groups in total. The second kappa shape index (κ2) is 8.25. The van der Waals surface area contributed by atoms with Crippen LogP contribution in [0.5, 0.6) is 0 Å². The Bertz CT molecular complexity index is 891. The molecule has 5 heteroatoms. The van der Waals surface area contributed by atoms with Gasteiger partial charge in [0.25, 0.3) is 5.91 Å². The lowest BCUT2D eigenvalue weighted by atomic mass is 10.1. The third kappa shape index (κ3) is 4.45. The molecule has 1 amide bonds. The number of aromatic nitrogens is 2. The molecule has 5 nitrogen and oxygen atoms in total. The van der Waals surface area contributed by atoms with Crippen LogP contribution in [0.15, 0.2) is 60.9 Å². The molecule has 0 aliphatic rings. The number of carbonyl (C=O) groups excluding carboxylic acids is 1. The van der Waals surface area contributed by atoms with Gasteiger partial charge in [-0.3, -0.25) is 4.79 Å². The van der Waals surface area contributed by atoms with Crippen molar-refractivity contribution in [3.63, 3.8) is 0 Å². The molecule has 0 aliphatic carbocycles. The van der Waals surface area contributed by atoms with Crippen LogP contribution < -0.4 is 10.6 Å². The minimum Gasteiger partial charge on any atom is -0.366 e. The number of rotatable bonds is 6. The third-order valence-electron chi connectivity index (χ3n) is 4.24. The summed E-state index contributed by atoms with van der Waals surface area (Å²) in [7, 11) is 0. The van der Waals surface area contributed by atoms with Gasteiger partial charge in [0.05, 0.1) is 0 Å². The van der Waals surface area contributed by atoms with Gasteiger partial charge in [0.2, 0.25) is 0 Å². The van der Waals surface area contributed by atoms with Crippen molar-refractivity contribution in [1.82, 2.24) is 9.97 Å². The zero-order valence-electron chi connectivity index (χ0n) is 15.0. The summed E-state index contributed by atoms with van der Waals surface area (Å²) in [5.41, 5.74) is 4.70. The highest BCUT2D eigenvalue weighted by Gasteiger charge is 2.09. The van der Waals surface area contributed by atoms with Gasteiger partial charge in [0.15, 0.2) is 0 Å². The summed E-state index contributed by atoms with van der Waals surface area (Å²) in [6, 6.07) is 17.6. The molecular weight excluding hydrogens is 324 g/mol. The molecule has 26 heavy (non-hydrogen) atoms. The predicted octanol–water partition coefficient (Wildman–Crippen LogP) is 4.21. The summed E-state index contributed by atoms with van der Waals surface area (Å²) in [5.74, 6) is 0.366. The van der Waals surface area contributed by atoms with Crippen molar-refractivity contribution in [2.45, 2.75) is 26.8 Å². The van der Waals surface area contributed by atoms with E-state index in [0.717, 1.165) is 12.1 Å². The highest BCUT2D eigenvalue weighted by molar-refractivity contribution is 6.03. The number of nitrogens with one attached hydrogen (secondary N) is 2. The van der Waals surface area contributed by atoms with Gasteiger partial charge in [-0.25, -0.2) is 9.97 Å². The van der Waals surface area contributed by atoms with Crippen LogP contribution in [0, 0.1) is 6.92 Å². The number of aryl methyl sites for hydroxylation is 2. The van der Waals surface area contributed by atoms with E-state index in [4.69, 9.17) is 0 Å². The standard InChI is InChI=1S/C21H22N4O/c1-3-16-8-10-18(11-9-16)25-21(26)19-12-20(24-14-23-19)22-13-17-7-5-4-6-15(17)2/h4-12,14H,3,13H2,1-2H3,(H,25,26)(H,22,23,24). The maximum atomic E-state index is 12.4. The highest BCUT2D eigenvalue weighted by atomic mass is 16.1. The van der Waals surface area contributed by atoms with Crippen LogP contribution in [0.2, 0.25) is 0 Å². The molecule has 0 radical (unpaired) electrons. The Morgan fingerprint density at radius 3 is 2.54 bits per heavy atom. The fraction of sp³-hybridized carbons (Fsp3) is 0.190. The summed E-state index contributed by atoms with van der Waals surface area (Å²) in [6.45, 7) is 4.81. The van der Waals surface area contributed by atoms with Crippen molar-refractivity contribution in [1.29, 1.82) is 0 Å². The normalized spacial score (nSPS) is 10.4. The quantitative estimate of drug-likeness (QED) is 0.701. The molecule has 3 rings (SSSR count). The van der Waals surface area contributed by atoms with Gasteiger partial charge in [0.1, 0.15) is 17.8 Å². The molecule has 0 unspecified atom stereocenters. The molecule has 0 fully saturated rings. The van der Waals surface area contributed by atoms with Crippen molar-refractivity contribution in [3.05, 3.63) is 83.3 Å². The van der Waals surface area contributed by atoms with Gasteiger partial charge in [0, 0.05) is 18.3 Å². The third-order valence-corrected chi connectivity index (χ3v) is 4.24. The van der Waals surface area contributed by atoms with Gasteiger partial charge in [-0.2, -0.15) is 0 Å². The van der Waals surface area contributed by atoms with Gasteiger partial charge in [-0.05, 0) is 42.2 Å². The number of anilines is 2. The monoisotopic (exact) mass is 346 g/mol. The lowest BCUT2D eigenvalue weighted by Gasteiger charge is -2.09. The number of carbonyl (C=O) groups is 1. The van der Waals surface area contributed by atoms with E-state index < -0.39 is 0 Å². The fourth-order valence-corrected chi connectivity index (χ4v) is 2.59. The zero-order valence-corrected chi connectivity index (χ0v) is 15.0. The molecule has 1 heterocycles. The first-order chi connectivity index (χ1) is 12.7. The lowest BCUT2D eigenvalue weighted by Crippen LogP contribution is -2.14. The van der Waals surface area contributed by atoms with Crippen LogP contribution in [0.3, 0.4) is 0 Å². The lowest BCUT2D eigenvalue weighted by molar-refractivity contribution is 0.102. The van der Waals surface area contributed by atoms with E-state index in [1.807, 2.05) is 36.4 Å². The Morgan fingerprint density at radius 1 is 1.04 bits per heavy atom. The maximum absolute atomic E-state index is 12.4. The summed E-state index contributed by atoms with van der Waals surface area (Å²) < 4.78 is 0. The van der Waals surface area contributed by atoms with Crippen LogP contribution in [0.25, 0.3) is 0 Å². The van der Waals surface area contributed by atoms with Gasteiger partial charge in [-0.1, -0.05) is 43.3 Å². The molecule has 0 aliphatic heterocycles. The van der Waals surface area contributed by atoms with Crippen LogP contribution in [0.1, 0.15) is 34.1 Å². The van der Waals surface area contributed by atoms with Gasteiger partial charge < -0.3 is 10.6 Å². The SMILES string of the molecule is CCc1ccc(NC(=O)c2cc(NCc3ccccc3C)ncn2)cc1. The number of benzene rings is 2. The van der Waals surface area contributed by atoms with Crippen molar-refractivity contribution in [2.24, 2.45) is 0 Å². The second-order valence-electron chi connectivity index (χ2n) is 6.07. The largest absolute Gasteiger partial charge is 0.366 e. The van der Waals surface area contributed by atoms with E-state index in [-0.39, 0.29) is 5.91 Å². The number of hydrogen-bond acceptors (Lipinski definition) is 4. The fourth-order valence-electron chi connectivity index (χ4n) is 2.59. The van der Waals surface area contributed by atoms with E-state index in [1.165, 1.54) is 23.0 Å². The summed E-state index contributed by atoms with van der Waals surface area (Å²) in [4.78, 5) is 20.7. The van der Waals surface area contributed by atoms with E-state index in [0.29, 0.717) is 18.1 Å². The molecule has 2 aromatic carbocycles. The molecule has 0 spiro atoms. The Balaban J connectivity index is 1.66. The highest BCUT2D eigenvalue weighted by Crippen LogP contribution is 2.13. The van der Waals surface area contributed by atoms with Gasteiger partial charge >= 0.3 is 0 Å². The molecule has 0 bridgehead atoms. The van der Waals surface area contributed by atoms with Crippen LogP contribution in [0.4, 0.5) is 11.5 Å². The van der Waals surface area contributed by atoms with E-state index in [2.05, 4.69) is 46.6 Å². The Labute approximate surface area is 153 Å². The summed E-state index contributed by atoms with van der Waals surface area (Å²) in [5, 5.41) is 6.11. The topological polar surface area (TPSA) is 66.9 Å². The van der Waals surface area contributed by atoms with E-state index in [9.17, 15) is 4.79 Å². The summed E-state index contributed by atoms with van der Waals surface area (Å²) in [6.07, 6.45) is 2.37. The first kappa shape index (κ1) is 17.6. The van der Waals surface area contributed by atoms with Gasteiger partial charge in [-0.15, -0.1) is 0 Å². The Kier molecular flexibility index (Phi) is 5.59. The first-order valence-electron chi connectivity index (χ1n) is 8.66. The zero-order chi connectivity index (χ0) is 18.4. The average Bonchev–Trinajstić information content (AvgIpc) is 2.68. The first-order valence-corrected chi connectivity index (χ1v) is 8.66. The van der Waals surface area contributed by atoms with E-state index >= 15 is 0 Å². The van der Waals surface area contributed by atoms with Crippen molar-refractivity contribution < 1.29 is 4.79 Å². The Hall–Kier alpha value is -3.21. The average molecular weight is 346 g/mol. The smallest absolute Gasteiger partial charge is 0.274 e. The van der Waals surface area contributed by atoms with Crippen LogP contribution in [-0.4, -0.2) is 15.9 Å². The van der Waals surface area contributed by atoms with Crippen molar-refractivity contribution >= 4 is 17.4 Å². The maximum Gasteiger partial charge on any atom is 0.274 e. The second-order valence-corrected chi connectivity index (χ2v) is 6.07. The molecule has 3 aromatic rings. The van der Waals surface area contributed by atoms with E-state index in [1.54, 1.807) is 6.07 Å². The molecule has 1 aromatic heterocycles. The predicted molar refractivity (Wildman–Crippen MR) is 104 cm³/mol. The van der Waals surface area contributed by atoms with Crippen LogP contribution >= 0.6 is 0 Å². The molecule has 0 atom stereocenters. The molecule has 132 valence electrons.